The number of rotatable bonds is 17. The van der Waals surface area contributed by atoms with Crippen LogP contribution < -0.4 is 4.18 Å². The van der Waals surface area contributed by atoms with Crippen LogP contribution in [0.3, 0.4) is 0 Å². The lowest BCUT2D eigenvalue weighted by Gasteiger charge is -2.47. The molecular weight excluding hydrogens is 1180 g/mol. The van der Waals surface area contributed by atoms with Crippen LogP contribution in [0.25, 0.3) is 0 Å². The highest BCUT2D eigenvalue weighted by Crippen LogP contribution is 2.57. The van der Waals surface area contributed by atoms with E-state index in [-0.39, 0.29) is 31.0 Å². The van der Waals surface area contributed by atoms with Crippen LogP contribution >= 0.6 is 0 Å². The zero-order chi connectivity index (χ0) is 62.1. The van der Waals surface area contributed by atoms with Crippen LogP contribution in [0.4, 0.5) is 82.9 Å². The Hall–Kier alpha value is -4.57. The molecular formula is C46H57F19N3O10S2+. The molecule has 460 valence electrons. The first kappa shape index (κ1) is 69.7. The van der Waals surface area contributed by atoms with E-state index in [9.17, 15) is 114 Å². The first-order chi connectivity index (χ1) is 36.0. The summed E-state index contributed by atoms with van der Waals surface area (Å²) < 4.78 is 292. The number of likely N-dealkylation sites (tertiary alicyclic amines) is 2. The minimum absolute atomic E-state index is 0.0321. The van der Waals surface area contributed by atoms with Crippen molar-refractivity contribution in [3.8, 4) is 11.5 Å². The van der Waals surface area contributed by atoms with Gasteiger partial charge in [0.25, 0.3) is 0 Å². The third-order valence-corrected chi connectivity index (χ3v) is 15.1. The summed E-state index contributed by atoms with van der Waals surface area (Å²) in [5.41, 5.74) is 3.57. The van der Waals surface area contributed by atoms with Gasteiger partial charge in [-0.3, -0.25) is 19.5 Å². The van der Waals surface area contributed by atoms with Gasteiger partial charge < -0.3 is 23.6 Å². The van der Waals surface area contributed by atoms with Crippen molar-refractivity contribution in [2.45, 2.75) is 133 Å². The normalized spacial score (nSPS) is 17.8. The number of ether oxygens (including phenoxy) is 2. The lowest BCUT2D eigenvalue weighted by atomic mass is 9.77. The summed E-state index contributed by atoms with van der Waals surface area (Å²) in [5.74, 6) is -30.6. The number of phenolic OH excluding ortho intramolecular Hbond substituents is 1. The number of nitrogens with zero attached hydrogens (tertiary/aromatic N) is 3. The number of hydrogen-bond donors (Lipinski definition) is 1. The van der Waals surface area contributed by atoms with E-state index < -0.39 is 78.6 Å². The molecule has 0 radical (unpaired) electrons. The monoisotopic (exact) mass is 1240 g/mol. The zero-order valence-corrected chi connectivity index (χ0v) is 44.9. The smallest absolute Gasteiger partial charge is 0.497 e. The molecule has 13 nitrogen and oxygen atoms in total. The highest BCUT2D eigenvalue weighted by Gasteiger charge is 2.87. The van der Waals surface area contributed by atoms with Gasteiger partial charge in [-0.25, -0.2) is 0 Å². The highest BCUT2D eigenvalue weighted by atomic mass is 32.3. The van der Waals surface area contributed by atoms with Gasteiger partial charge in [0.15, 0.2) is 13.2 Å². The number of alkyl halides is 18. The molecule has 2 spiro atoms. The molecule has 2 aliphatic heterocycles. The van der Waals surface area contributed by atoms with Gasteiger partial charge in [0, 0.05) is 49.1 Å². The summed E-state index contributed by atoms with van der Waals surface area (Å²) in [4.78, 5) is 27.5. The summed E-state index contributed by atoms with van der Waals surface area (Å²) in [6.07, 6.45) is -11.5. The molecule has 80 heavy (non-hydrogen) atoms. The Balaban J connectivity index is 0.000000314. The van der Waals surface area contributed by atoms with E-state index in [0.29, 0.717) is 67.0 Å². The average Bonchev–Trinajstić information content (AvgIpc) is 3.84. The number of benzene rings is 2. The molecule has 2 saturated heterocycles. The van der Waals surface area contributed by atoms with E-state index in [2.05, 4.69) is 48.6 Å². The van der Waals surface area contributed by atoms with E-state index in [1.807, 2.05) is 19.1 Å². The van der Waals surface area contributed by atoms with Crippen molar-refractivity contribution in [1.29, 1.82) is 0 Å². The Morgan fingerprint density at radius 2 is 0.988 bits per heavy atom. The number of fused-ring (bicyclic) bond motifs is 2. The highest BCUT2D eigenvalue weighted by molar-refractivity contribution is 7.88. The van der Waals surface area contributed by atoms with Gasteiger partial charge in [0.2, 0.25) is 0 Å². The first-order valence-electron chi connectivity index (χ1n) is 23.7. The second-order valence-electron chi connectivity index (χ2n) is 19.8. The molecule has 2 heterocycles. The molecule has 0 aromatic heterocycles. The SMILES string of the molecule is CCN(C(C)C)C(C)C.CCOC(=O)CN1CC2(Cc3ccc(OS(=O)(=O)C(F)(F)C(F)(F)C(F)(F)C(F)(F)F)cc3C2)C1.CCOC(=[OH+])CN1CC2(Cc3ccc(O)cc3C2)C1.O=S(=O)(F)C(F)(F)C(F)(F)C(F)(F)C(F)(F)F. The quantitative estimate of drug-likeness (QED) is 0.0525. The maximum absolute atomic E-state index is 13.9. The molecule has 2 fully saturated rings. The molecule has 0 saturated carbocycles. The molecule has 2 aromatic carbocycles. The van der Waals surface area contributed by atoms with Crippen LogP contribution in [-0.2, 0) is 60.3 Å². The second-order valence-corrected chi connectivity index (χ2v) is 22.8. The maximum atomic E-state index is 13.9. The topological polar surface area (TPSA) is 164 Å². The Morgan fingerprint density at radius 1 is 0.600 bits per heavy atom. The number of hydrogen-bond acceptors (Lipinski definition) is 12. The largest absolute Gasteiger partial charge is 0.508 e. The van der Waals surface area contributed by atoms with E-state index in [4.69, 9.17) is 9.47 Å². The number of phenols is 1. The summed E-state index contributed by atoms with van der Waals surface area (Å²) in [6, 6.07) is 10.0. The summed E-state index contributed by atoms with van der Waals surface area (Å²) in [7, 11) is -14.7. The van der Waals surface area contributed by atoms with E-state index in [0.717, 1.165) is 44.6 Å². The molecule has 2 aliphatic carbocycles. The number of carbonyl (C=O) groups is 1. The lowest BCUT2D eigenvalue weighted by molar-refractivity contribution is -0.382. The molecule has 34 heteroatoms. The molecule has 4 aliphatic rings. The Kier molecular flexibility index (Phi) is 21.2. The first-order valence-corrected chi connectivity index (χ1v) is 26.5. The van der Waals surface area contributed by atoms with Crippen LogP contribution in [0.2, 0.25) is 0 Å². The number of aromatic hydroxyl groups is 1. The number of carbonyl (C=O) groups excluding carboxylic acids is 2. The third kappa shape index (κ3) is 14.6. The number of halogens is 19. The molecule has 2 N–H and O–H groups in total. The van der Waals surface area contributed by atoms with Crippen molar-refractivity contribution >= 4 is 32.3 Å². The van der Waals surface area contributed by atoms with Gasteiger partial charge in [0.1, 0.15) is 11.5 Å². The fourth-order valence-corrected chi connectivity index (χ4v) is 10.8. The van der Waals surface area contributed by atoms with Crippen molar-refractivity contribution in [3.63, 3.8) is 0 Å². The zero-order valence-electron chi connectivity index (χ0n) is 43.3. The van der Waals surface area contributed by atoms with Crippen LogP contribution in [0.5, 0.6) is 11.5 Å². The number of esters is 2. The van der Waals surface area contributed by atoms with E-state index in [1.165, 1.54) is 17.2 Å². The predicted octanol–water partition coefficient (Wildman–Crippen LogP) is 9.95. The van der Waals surface area contributed by atoms with Crippen LogP contribution in [0.1, 0.15) is 70.7 Å². The summed E-state index contributed by atoms with van der Waals surface area (Å²) >= 11 is 0. The molecule has 6 rings (SSSR count). The Bertz CT molecular complexity index is 2710. The standard InChI is InChI=1S/C19H18F9NO5S.C15H19NO3.C8H19N.C4F10O2S/c1-2-33-14(30)8-29-9-15(10-29)6-11-3-4-13(5-12(11)7-15)34-35(31,32)19(27,28)17(22,23)16(20,21)18(24,25)26;1-2-19-14(18)8-16-9-15(10-16)6-11-3-4-13(17)5-12(11)7-15;1-6-9(7(2)3)8(4)5;5-1(6,3(9,10)11)2(7,8)4(12,13)17(14,15)16/h3-5H,2,6-10H2,1H3;3-5,17H,2,6-10H2,1H3;7-8H,6H2,1-5H3;/p+1. The fraction of sp³-hybridized carbons (Fsp3) is 0.696. The third-order valence-electron chi connectivity index (χ3n) is 12.9. The molecule has 0 atom stereocenters. The van der Waals surface area contributed by atoms with Gasteiger partial charge in [0.05, 0.1) is 13.2 Å². The second kappa shape index (κ2) is 24.3. The van der Waals surface area contributed by atoms with E-state index >= 15 is 0 Å². The van der Waals surface area contributed by atoms with Crippen LogP contribution in [0, 0.1) is 10.8 Å². The maximum Gasteiger partial charge on any atom is 0.497 e. The van der Waals surface area contributed by atoms with Gasteiger partial charge in [-0.1, -0.05) is 22.9 Å². The molecule has 0 unspecified atom stereocenters. The molecule has 0 bridgehead atoms. The van der Waals surface area contributed by atoms with Crippen molar-refractivity contribution in [2.75, 3.05) is 59.0 Å². The van der Waals surface area contributed by atoms with Crippen molar-refractivity contribution < 1.29 is 128 Å². The fourth-order valence-electron chi connectivity index (χ4n) is 9.49. The van der Waals surface area contributed by atoms with Crippen LogP contribution in [-0.4, -0.2) is 171 Å². The van der Waals surface area contributed by atoms with Crippen molar-refractivity contribution in [3.05, 3.63) is 58.7 Å². The summed E-state index contributed by atoms with van der Waals surface area (Å²) in [5, 5.41) is -4.63. The average molecular weight is 1240 g/mol. The van der Waals surface area contributed by atoms with Gasteiger partial charge in [-0.05, 0) is 120 Å². The Morgan fingerprint density at radius 3 is 1.36 bits per heavy atom. The summed E-state index contributed by atoms with van der Waals surface area (Å²) in [6.45, 7) is 19.9. The Labute approximate surface area is 447 Å². The van der Waals surface area contributed by atoms with Crippen molar-refractivity contribution in [1.82, 2.24) is 14.7 Å². The van der Waals surface area contributed by atoms with Crippen molar-refractivity contribution in [2.24, 2.45) is 10.8 Å². The lowest BCUT2D eigenvalue weighted by Crippen LogP contribution is -2.63. The van der Waals surface area contributed by atoms with Gasteiger partial charge in [-0.2, -0.15) is 95.9 Å². The molecule has 2 aromatic rings. The minimum Gasteiger partial charge on any atom is -0.508 e. The van der Waals surface area contributed by atoms with Gasteiger partial charge in [-0.15, -0.1) is 0 Å². The minimum atomic E-state index is -7.67. The van der Waals surface area contributed by atoms with Crippen LogP contribution in [0.15, 0.2) is 36.4 Å². The van der Waals surface area contributed by atoms with Gasteiger partial charge >= 0.3 is 78.8 Å². The van der Waals surface area contributed by atoms with E-state index in [1.54, 1.807) is 17.9 Å². The predicted molar refractivity (Wildman–Crippen MR) is 246 cm³/mol. The molecule has 0 amide bonds.